The van der Waals surface area contributed by atoms with Crippen LogP contribution in [0.2, 0.25) is 10.0 Å². The highest BCUT2D eigenvalue weighted by Crippen LogP contribution is 2.35. The van der Waals surface area contributed by atoms with Crippen LogP contribution in [0, 0.1) is 0 Å². The molecule has 0 saturated carbocycles. The molecule has 2 amide bonds. The summed E-state index contributed by atoms with van der Waals surface area (Å²) in [6.45, 7) is 0.764. The maximum Gasteiger partial charge on any atom is 0.265 e. The Morgan fingerprint density at radius 1 is 1.06 bits per heavy atom. The number of carbonyl (C=O) groups is 2. The van der Waals surface area contributed by atoms with Gasteiger partial charge in [0, 0.05) is 23.2 Å². The molecule has 0 unspecified atom stereocenters. The van der Waals surface area contributed by atoms with Gasteiger partial charge >= 0.3 is 0 Å². The Bertz CT molecular complexity index is 1150. The van der Waals surface area contributed by atoms with E-state index >= 15 is 0 Å². The highest BCUT2D eigenvalue weighted by molar-refractivity contribution is 6.35. The van der Waals surface area contributed by atoms with Crippen LogP contribution in [0.3, 0.4) is 0 Å². The van der Waals surface area contributed by atoms with Crippen LogP contribution in [-0.4, -0.2) is 25.0 Å². The predicted octanol–water partition coefficient (Wildman–Crippen LogP) is 5.72. The number of anilines is 2. The van der Waals surface area contributed by atoms with E-state index in [1.54, 1.807) is 41.3 Å². The van der Waals surface area contributed by atoms with Gasteiger partial charge < -0.3 is 19.7 Å². The second kappa shape index (κ2) is 10.6. The lowest BCUT2D eigenvalue weighted by Gasteiger charge is -2.29. The third kappa shape index (κ3) is 5.97. The Balaban J connectivity index is 1.31. The molecule has 0 radical (unpaired) electrons. The van der Waals surface area contributed by atoms with E-state index in [4.69, 9.17) is 32.7 Å². The van der Waals surface area contributed by atoms with Gasteiger partial charge in [0.25, 0.3) is 5.91 Å². The second-order valence-corrected chi connectivity index (χ2v) is 8.36. The molecule has 1 heterocycles. The minimum absolute atomic E-state index is 0.0399. The number of rotatable bonds is 8. The molecule has 0 aromatic heterocycles. The average Bonchev–Trinajstić information content (AvgIpc) is 2.80. The first kappa shape index (κ1) is 23.0. The Labute approximate surface area is 202 Å². The van der Waals surface area contributed by atoms with E-state index in [-0.39, 0.29) is 24.8 Å². The van der Waals surface area contributed by atoms with E-state index in [0.29, 0.717) is 52.5 Å². The van der Waals surface area contributed by atoms with Gasteiger partial charge in [0.1, 0.15) is 11.5 Å². The summed E-state index contributed by atoms with van der Waals surface area (Å²) in [4.78, 5) is 26.5. The third-order valence-corrected chi connectivity index (χ3v) is 5.60. The molecular weight excluding hydrogens is 463 g/mol. The van der Waals surface area contributed by atoms with Crippen molar-refractivity contribution in [2.75, 3.05) is 23.4 Å². The molecule has 4 rings (SSSR count). The first-order valence-corrected chi connectivity index (χ1v) is 11.2. The van der Waals surface area contributed by atoms with Crippen LogP contribution in [0.15, 0.2) is 66.7 Å². The number of benzene rings is 3. The largest absolute Gasteiger partial charge is 0.492 e. The molecule has 0 bridgehead atoms. The van der Waals surface area contributed by atoms with Gasteiger partial charge in [0.05, 0.1) is 23.9 Å². The summed E-state index contributed by atoms with van der Waals surface area (Å²) >= 11 is 11.9. The summed E-state index contributed by atoms with van der Waals surface area (Å²) < 4.78 is 11.2. The molecule has 1 N–H and O–H groups in total. The van der Waals surface area contributed by atoms with E-state index in [0.717, 1.165) is 5.56 Å². The maximum atomic E-state index is 12.4. The van der Waals surface area contributed by atoms with E-state index in [9.17, 15) is 9.59 Å². The summed E-state index contributed by atoms with van der Waals surface area (Å²) in [5, 5.41) is 3.83. The van der Waals surface area contributed by atoms with Gasteiger partial charge in [-0.3, -0.25) is 9.59 Å². The fourth-order valence-electron chi connectivity index (χ4n) is 3.45. The van der Waals surface area contributed by atoms with Crippen molar-refractivity contribution in [2.45, 2.75) is 19.4 Å². The van der Waals surface area contributed by atoms with Crippen LogP contribution >= 0.6 is 23.2 Å². The molecule has 33 heavy (non-hydrogen) atoms. The Kier molecular flexibility index (Phi) is 7.37. The predicted molar refractivity (Wildman–Crippen MR) is 129 cm³/mol. The molecule has 3 aromatic rings. The van der Waals surface area contributed by atoms with Crippen molar-refractivity contribution in [3.63, 3.8) is 0 Å². The smallest absolute Gasteiger partial charge is 0.265 e. The van der Waals surface area contributed by atoms with Crippen molar-refractivity contribution < 1.29 is 19.1 Å². The lowest BCUT2D eigenvalue weighted by molar-refractivity contribution is -0.121. The van der Waals surface area contributed by atoms with Crippen LogP contribution in [0.4, 0.5) is 11.4 Å². The number of ether oxygens (including phenoxy) is 2. The summed E-state index contributed by atoms with van der Waals surface area (Å²) in [7, 11) is 0. The third-order valence-electron chi connectivity index (χ3n) is 5.07. The van der Waals surface area contributed by atoms with E-state index in [1.165, 1.54) is 0 Å². The van der Waals surface area contributed by atoms with Gasteiger partial charge in [0.15, 0.2) is 6.61 Å². The second-order valence-electron chi connectivity index (χ2n) is 7.51. The molecule has 0 atom stereocenters. The number of carbonyl (C=O) groups excluding carboxylic acids is 2. The number of nitrogens with one attached hydrogen (secondary N) is 1. The van der Waals surface area contributed by atoms with Gasteiger partial charge in [-0.15, -0.1) is 0 Å². The van der Waals surface area contributed by atoms with E-state index < -0.39 is 0 Å². The van der Waals surface area contributed by atoms with Crippen molar-refractivity contribution in [2.24, 2.45) is 0 Å². The first-order chi connectivity index (χ1) is 16.0. The Morgan fingerprint density at radius 3 is 2.67 bits per heavy atom. The van der Waals surface area contributed by atoms with E-state index in [1.807, 2.05) is 30.3 Å². The lowest BCUT2D eigenvalue weighted by Crippen LogP contribution is -2.38. The van der Waals surface area contributed by atoms with Crippen molar-refractivity contribution in [1.82, 2.24) is 0 Å². The minimum atomic E-state index is -0.145. The van der Waals surface area contributed by atoms with Gasteiger partial charge in [-0.25, -0.2) is 0 Å². The molecule has 170 valence electrons. The topological polar surface area (TPSA) is 67.9 Å². The van der Waals surface area contributed by atoms with Crippen molar-refractivity contribution in [3.05, 3.63) is 82.3 Å². The maximum absolute atomic E-state index is 12.4. The van der Waals surface area contributed by atoms with Crippen LogP contribution in [0.1, 0.15) is 18.4 Å². The molecular formula is C25H22Cl2N2O4. The molecule has 3 aromatic carbocycles. The van der Waals surface area contributed by atoms with Gasteiger partial charge in [0.2, 0.25) is 5.91 Å². The summed E-state index contributed by atoms with van der Waals surface area (Å²) in [6.07, 6.45) is 0.799. The summed E-state index contributed by atoms with van der Waals surface area (Å²) in [6, 6.07) is 20.1. The molecule has 0 aliphatic carbocycles. The fourth-order valence-corrected chi connectivity index (χ4v) is 3.92. The van der Waals surface area contributed by atoms with Crippen LogP contribution in [0.25, 0.3) is 0 Å². The molecule has 0 spiro atoms. The SMILES string of the molecule is O=C(CCCOc1ccc(Cl)cc1Cl)Nc1ccc2c(c1)OCC(=O)N2Cc1ccccc1. The zero-order valence-electron chi connectivity index (χ0n) is 17.7. The monoisotopic (exact) mass is 484 g/mol. The standard InChI is InChI=1S/C25H22Cl2N2O4/c26-18-8-11-22(20(27)13-18)32-12-4-7-24(30)28-19-9-10-21-23(14-19)33-16-25(31)29(21)15-17-5-2-1-3-6-17/h1-3,5-6,8-11,13-14H,4,7,12,15-16H2,(H,28,30). The zero-order chi connectivity index (χ0) is 23.2. The normalized spacial score (nSPS) is 12.7. The van der Waals surface area contributed by atoms with Crippen LogP contribution in [0.5, 0.6) is 11.5 Å². The van der Waals surface area contributed by atoms with Crippen LogP contribution < -0.4 is 19.7 Å². The quantitative estimate of drug-likeness (QED) is 0.415. The van der Waals surface area contributed by atoms with Crippen LogP contribution in [-0.2, 0) is 16.1 Å². The zero-order valence-corrected chi connectivity index (χ0v) is 19.2. The van der Waals surface area contributed by atoms with Crippen molar-refractivity contribution in [1.29, 1.82) is 0 Å². The molecule has 1 aliphatic heterocycles. The average molecular weight is 485 g/mol. The molecule has 0 fully saturated rings. The number of fused-ring (bicyclic) bond motifs is 1. The number of nitrogens with zero attached hydrogens (tertiary/aromatic N) is 1. The molecule has 6 nitrogen and oxygen atoms in total. The number of hydrogen-bond acceptors (Lipinski definition) is 4. The summed E-state index contributed by atoms with van der Waals surface area (Å²) in [5.74, 6) is 0.838. The van der Waals surface area contributed by atoms with Crippen molar-refractivity contribution in [3.8, 4) is 11.5 Å². The fraction of sp³-hybridized carbons (Fsp3) is 0.200. The molecule has 8 heteroatoms. The van der Waals surface area contributed by atoms with E-state index in [2.05, 4.69) is 5.32 Å². The van der Waals surface area contributed by atoms with Gasteiger partial charge in [-0.2, -0.15) is 0 Å². The number of halogens is 2. The lowest BCUT2D eigenvalue weighted by atomic mass is 10.1. The number of hydrogen-bond donors (Lipinski definition) is 1. The highest BCUT2D eigenvalue weighted by Gasteiger charge is 2.26. The Hall–Kier alpha value is -3.22. The van der Waals surface area contributed by atoms with Crippen molar-refractivity contribution >= 4 is 46.4 Å². The Morgan fingerprint density at radius 2 is 1.88 bits per heavy atom. The molecule has 1 aliphatic rings. The molecule has 0 saturated heterocycles. The summed E-state index contributed by atoms with van der Waals surface area (Å²) in [5.41, 5.74) is 2.31. The minimum Gasteiger partial charge on any atom is -0.492 e. The highest BCUT2D eigenvalue weighted by atomic mass is 35.5. The first-order valence-electron chi connectivity index (χ1n) is 10.5. The number of amides is 2. The van der Waals surface area contributed by atoms with Gasteiger partial charge in [-0.05, 0) is 42.3 Å². The van der Waals surface area contributed by atoms with Gasteiger partial charge in [-0.1, -0.05) is 53.5 Å².